The fraction of sp³-hybridized carbons (Fsp3) is 0.0606. The van der Waals surface area contributed by atoms with Gasteiger partial charge < -0.3 is 20.1 Å². The molecule has 5 aromatic rings. The Labute approximate surface area is 249 Å². The van der Waals surface area contributed by atoms with E-state index in [1.165, 1.54) is 31.4 Å². The second-order valence-electron chi connectivity index (χ2n) is 8.42. The van der Waals surface area contributed by atoms with Crippen molar-refractivity contribution in [3.8, 4) is 5.75 Å². The summed E-state index contributed by atoms with van der Waals surface area (Å²) in [5.41, 5.74) is 1.85. The summed E-state index contributed by atoms with van der Waals surface area (Å²) in [7, 11) is 0. The number of aliphatic hydroxyl groups is 1. The molecule has 41 heavy (non-hydrogen) atoms. The van der Waals surface area contributed by atoms with Gasteiger partial charge in [-0.2, -0.15) is 5.10 Å². The van der Waals surface area contributed by atoms with Crippen molar-refractivity contribution in [3.05, 3.63) is 139 Å². The van der Waals surface area contributed by atoms with Gasteiger partial charge in [0.25, 0.3) is 5.91 Å². The molecule has 0 atom stereocenters. The van der Waals surface area contributed by atoms with Gasteiger partial charge in [0.1, 0.15) is 5.71 Å². The van der Waals surface area contributed by atoms with Crippen LogP contribution in [0.15, 0.2) is 132 Å². The van der Waals surface area contributed by atoms with E-state index in [9.17, 15) is 19.8 Å². The van der Waals surface area contributed by atoms with E-state index in [2.05, 4.69) is 71.2 Å². The van der Waals surface area contributed by atoms with Crippen LogP contribution >= 0.6 is 0 Å². The maximum absolute atomic E-state index is 12.2. The number of hydrogen-bond acceptors (Lipinski definition) is 6. The zero-order valence-corrected chi connectivity index (χ0v) is 25.2. The minimum atomic E-state index is -1.53. The third-order valence-electron chi connectivity index (χ3n) is 5.44. The number of aliphatic hydroxyl groups excluding tert-OH is 1. The Kier molecular flexibility index (Phi) is 12.6. The van der Waals surface area contributed by atoms with Crippen molar-refractivity contribution < 1.29 is 24.9 Å². The number of carboxylic acid groups (broad SMARTS) is 1. The number of rotatable bonds is 6. The first-order valence-electron chi connectivity index (χ1n) is 12.8. The molecule has 0 aliphatic carbocycles. The zero-order chi connectivity index (χ0) is 29.5. The van der Waals surface area contributed by atoms with Crippen LogP contribution in [-0.4, -0.2) is 50.4 Å². The summed E-state index contributed by atoms with van der Waals surface area (Å²) in [6, 6.07) is 39.5. The molecule has 0 fully saturated rings. The molecule has 2 N–H and O–H groups in total. The quantitative estimate of drug-likeness (QED) is 0.166. The number of fused-ring (bicyclic) bond motifs is 1. The van der Waals surface area contributed by atoms with Gasteiger partial charge in [0, 0.05) is 17.7 Å². The number of hydrazone groups is 1. The number of hydrogen-bond donors (Lipinski definition) is 2. The van der Waals surface area contributed by atoms with Gasteiger partial charge in [-0.3, -0.25) is 4.79 Å². The molecule has 0 heterocycles. The number of carbonyl (C=O) groups is 2. The first-order chi connectivity index (χ1) is 19.9. The Morgan fingerprint density at radius 3 is 1.68 bits per heavy atom. The fourth-order valence-electron chi connectivity index (χ4n) is 3.60. The Bertz CT molecular complexity index is 1540. The van der Waals surface area contributed by atoms with E-state index in [1.807, 2.05) is 0 Å². The molecule has 0 aliphatic heterocycles. The van der Waals surface area contributed by atoms with Crippen LogP contribution in [0.25, 0.3) is 10.8 Å². The molecule has 0 spiro atoms. The molecule has 1 amide bonds. The summed E-state index contributed by atoms with van der Waals surface area (Å²) >= 11 is -0.517. The Morgan fingerprint density at radius 2 is 1.20 bits per heavy atom. The Balaban J connectivity index is 0.000000241. The predicted molar refractivity (Wildman–Crippen MR) is 160 cm³/mol. The molecule has 0 saturated carbocycles. The van der Waals surface area contributed by atoms with Crippen molar-refractivity contribution in [3.63, 3.8) is 0 Å². The summed E-state index contributed by atoms with van der Waals surface area (Å²) in [6.07, 6.45) is 0. The number of aliphatic carboxylic acids is 1. The second kappa shape index (κ2) is 16.6. The topological polar surface area (TPSA) is 125 Å². The summed E-state index contributed by atoms with van der Waals surface area (Å²) in [5.74, 6) is -2.79. The number of nitrogens with zero attached hydrogens (tertiary/aromatic N) is 1. The number of nitrogens with one attached hydrogen (secondary N) is 1. The van der Waals surface area contributed by atoms with Gasteiger partial charge in [0.15, 0.2) is 0 Å². The van der Waals surface area contributed by atoms with Gasteiger partial charge in [-0.25, -0.2) is 5.43 Å². The van der Waals surface area contributed by atoms with Crippen molar-refractivity contribution in [2.75, 3.05) is 6.61 Å². The summed E-state index contributed by atoms with van der Waals surface area (Å²) in [4.78, 5) is 23.5. The first kappa shape index (κ1) is 31.1. The molecular formula is C33H28N2O5Sn. The molecule has 0 bridgehead atoms. The SMILES string of the molecule is CCO.O=C([O-])/C(=N/NC(=O)c1cc2ccccc2cc1[O-])c1ccccc1.c1cc[c]([Sn+2][c]2ccccc2)cc1. The summed E-state index contributed by atoms with van der Waals surface area (Å²) in [5, 5.41) is 35.9. The molecule has 0 radical (unpaired) electrons. The normalized spacial score (nSPS) is 10.2. The third-order valence-corrected chi connectivity index (χ3v) is 8.99. The van der Waals surface area contributed by atoms with Crippen LogP contribution in [0.2, 0.25) is 0 Å². The molecule has 8 heteroatoms. The van der Waals surface area contributed by atoms with Crippen LogP contribution in [0.5, 0.6) is 5.75 Å². The number of carboxylic acids is 1. The van der Waals surface area contributed by atoms with Crippen molar-refractivity contribution >= 4 is 56.7 Å². The van der Waals surface area contributed by atoms with E-state index >= 15 is 0 Å². The summed E-state index contributed by atoms with van der Waals surface area (Å²) < 4.78 is 3.08. The molecule has 0 aromatic heterocycles. The van der Waals surface area contributed by atoms with Gasteiger partial charge in [0.2, 0.25) is 0 Å². The molecule has 5 aromatic carbocycles. The number of carbonyl (C=O) groups excluding carboxylic acids is 2. The second-order valence-corrected chi connectivity index (χ2v) is 12.4. The molecule has 7 nitrogen and oxygen atoms in total. The number of benzene rings is 5. The molecule has 204 valence electrons. The van der Waals surface area contributed by atoms with Crippen LogP contribution in [0.4, 0.5) is 0 Å². The van der Waals surface area contributed by atoms with Crippen LogP contribution in [0, 0.1) is 0 Å². The van der Waals surface area contributed by atoms with E-state index in [4.69, 9.17) is 5.11 Å². The molecule has 0 saturated heterocycles. The molecule has 5 rings (SSSR count). The maximum atomic E-state index is 12.2. The standard InChI is InChI=1S/C19H14N2O4.2C6H5.C2H6O.Sn/c22-16-11-14-9-5-4-8-13(14)10-15(16)18(23)21-20-17(19(24)25)12-6-2-1-3-7-12;2*1-2-4-6-5-3-1;1-2-3;/h1-11,22H,(H,21,23)(H,24,25);2*1-5H;3H,2H2,1H3;/q;;;;+2/p-2/b20-17+;;;;. The van der Waals surface area contributed by atoms with Gasteiger partial charge in [-0.05, 0) is 23.8 Å². The van der Waals surface area contributed by atoms with Crippen LogP contribution < -0.4 is 22.8 Å². The molecular weight excluding hydrogens is 623 g/mol. The van der Waals surface area contributed by atoms with E-state index in [0.717, 1.165) is 5.39 Å². The van der Waals surface area contributed by atoms with Gasteiger partial charge in [0.05, 0.1) is 5.97 Å². The van der Waals surface area contributed by atoms with Crippen molar-refractivity contribution in [1.82, 2.24) is 5.43 Å². The Hall–Kier alpha value is -4.47. The number of amides is 1. The average Bonchev–Trinajstić information content (AvgIpc) is 2.99. The van der Waals surface area contributed by atoms with Gasteiger partial charge >= 0.3 is 89.0 Å². The van der Waals surface area contributed by atoms with Gasteiger partial charge in [-0.15, -0.1) is 0 Å². The van der Waals surface area contributed by atoms with Crippen molar-refractivity contribution in [2.24, 2.45) is 5.10 Å². The van der Waals surface area contributed by atoms with Crippen LogP contribution in [-0.2, 0) is 4.79 Å². The minimum absolute atomic E-state index is 0.117. The van der Waals surface area contributed by atoms with Crippen molar-refractivity contribution in [1.29, 1.82) is 0 Å². The van der Waals surface area contributed by atoms with Gasteiger partial charge in [-0.1, -0.05) is 66.4 Å². The zero-order valence-electron chi connectivity index (χ0n) is 22.4. The van der Waals surface area contributed by atoms with E-state index in [1.54, 1.807) is 49.4 Å². The predicted octanol–water partition coefficient (Wildman–Crippen LogP) is 2.14. The molecule has 0 unspecified atom stereocenters. The fourth-order valence-corrected chi connectivity index (χ4v) is 6.60. The Morgan fingerprint density at radius 1 is 0.756 bits per heavy atom. The monoisotopic (exact) mass is 652 g/mol. The molecule has 0 aliphatic rings. The van der Waals surface area contributed by atoms with E-state index in [0.29, 0.717) is 5.39 Å². The van der Waals surface area contributed by atoms with Crippen molar-refractivity contribution in [2.45, 2.75) is 6.92 Å². The first-order valence-corrected chi connectivity index (χ1v) is 15.6. The summed E-state index contributed by atoms with van der Waals surface area (Å²) in [6.45, 7) is 1.93. The van der Waals surface area contributed by atoms with E-state index < -0.39 is 44.5 Å². The van der Waals surface area contributed by atoms with Crippen LogP contribution in [0.3, 0.4) is 0 Å². The van der Waals surface area contributed by atoms with Crippen LogP contribution in [0.1, 0.15) is 22.8 Å². The average molecular weight is 651 g/mol. The van der Waals surface area contributed by atoms with E-state index in [-0.39, 0.29) is 17.7 Å². The third kappa shape index (κ3) is 9.90.